The van der Waals surface area contributed by atoms with E-state index in [4.69, 9.17) is 0 Å². The Balaban J connectivity index is 2.17. The number of phenolic OH excluding ortho intramolecular Hbond substituents is 1. The Hall–Kier alpha value is -1.28. The van der Waals surface area contributed by atoms with E-state index in [-0.39, 0.29) is 6.10 Å². The van der Waals surface area contributed by atoms with Gasteiger partial charge in [0.25, 0.3) is 0 Å². The Morgan fingerprint density at radius 1 is 1.35 bits per heavy atom. The third-order valence-electron chi connectivity index (χ3n) is 3.56. The normalized spacial score (nSPS) is 24.5. The summed E-state index contributed by atoms with van der Waals surface area (Å²) in [6.45, 7) is 3.69. The number of hydrogen-bond acceptors (Lipinski definition) is 2. The molecule has 0 heterocycles. The first-order valence-corrected chi connectivity index (χ1v) is 6.31. The van der Waals surface area contributed by atoms with Gasteiger partial charge in [-0.25, -0.2) is 0 Å². The van der Waals surface area contributed by atoms with Crippen molar-refractivity contribution in [3.8, 4) is 5.75 Å². The topological polar surface area (TPSA) is 40.5 Å². The van der Waals surface area contributed by atoms with E-state index in [1.165, 1.54) is 0 Å². The fourth-order valence-electron chi connectivity index (χ4n) is 2.67. The van der Waals surface area contributed by atoms with Crippen LogP contribution in [0.3, 0.4) is 0 Å². The monoisotopic (exact) mass is 232 g/mol. The van der Waals surface area contributed by atoms with Crippen molar-refractivity contribution in [1.29, 1.82) is 0 Å². The fourth-order valence-corrected chi connectivity index (χ4v) is 2.67. The highest BCUT2D eigenvalue weighted by molar-refractivity contribution is 5.39. The highest BCUT2D eigenvalue weighted by Gasteiger charge is 2.23. The molecule has 1 saturated carbocycles. The molecule has 1 aliphatic carbocycles. The number of aliphatic hydroxyl groups is 1. The highest BCUT2D eigenvalue weighted by Crippen LogP contribution is 2.37. The van der Waals surface area contributed by atoms with Crippen LogP contribution in [0.2, 0.25) is 0 Å². The number of rotatable bonds is 3. The molecule has 2 atom stereocenters. The van der Waals surface area contributed by atoms with Crippen LogP contribution in [0, 0.1) is 0 Å². The molecule has 2 heteroatoms. The summed E-state index contributed by atoms with van der Waals surface area (Å²) >= 11 is 0. The van der Waals surface area contributed by atoms with Gasteiger partial charge in [0, 0.05) is 0 Å². The van der Waals surface area contributed by atoms with E-state index in [0.717, 1.165) is 43.2 Å². The number of aliphatic hydroxyl groups excluding tert-OH is 1. The van der Waals surface area contributed by atoms with Crippen molar-refractivity contribution in [1.82, 2.24) is 0 Å². The maximum absolute atomic E-state index is 10.0. The molecule has 1 fully saturated rings. The molecular formula is C15H20O2. The molecule has 0 spiro atoms. The van der Waals surface area contributed by atoms with Crippen LogP contribution in [0.5, 0.6) is 5.75 Å². The summed E-state index contributed by atoms with van der Waals surface area (Å²) in [4.78, 5) is 0. The lowest BCUT2D eigenvalue weighted by molar-refractivity contribution is 0.119. The van der Waals surface area contributed by atoms with Gasteiger partial charge < -0.3 is 10.2 Å². The Morgan fingerprint density at radius 2 is 2.18 bits per heavy atom. The minimum atomic E-state index is -0.207. The predicted molar refractivity (Wildman–Crippen MR) is 69.2 cm³/mol. The molecule has 0 aliphatic heterocycles. The number of benzene rings is 1. The van der Waals surface area contributed by atoms with Crippen molar-refractivity contribution >= 4 is 0 Å². The van der Waals surface area contributed by atoms with Crippen LogP contribution in [-0.4, -0.2) is 16.3 Å². The summed E-state index contributed by atoms with van der Waals surface area (Å²) in [6.07, 6.45) is 6.17. The van der Waals surface area contributed by atoms with Crippen LogP contribution < -0.4 is 0 Å². The Bertz CT molecular complexity index is 398. The van der Waals surface area contributed by atoms with Gasteiger partial charge in [0.2, 0.25) is 0 Å². The zero-order valence-electron chi connectivity index (χ0n) is 10.1. The van der Waals surface area contributed by atoms with Gasteiger partial charge in [-0.15, -0.1) is 6.58 Å². The van der Waals surface area contributed by atoms with E-state index < -0.39 is 0 Å². The molecule has 0 aromatic heterocycles. The van der Waals surface area contributed by atoms with Gasteiger partial charge in [-0.3, -0.25) is 0 Å². The molecule has 2 unspecified atom stereocenters. The predicted octanol–water partition coefficient (Wildman–Crippen LogP) is 3.14. The molecule has 1 aliphatic rings. The van der Waals surface area contributed by atoms with Crippen LogP contribution in [0.15, 0.2) is 30.9 Å². The van der Waals surface area contributed by atoms with Crippen molar-refractivity contribution in [2.75, 3.05) is 0 Å². The third kappa shape index (κ3) is 2.89. The van der Waals surface area contributed by atoms with Gasteiger partial charge in [-0.1, -0.05) is 24.6 Å². The van der Waals surface area contributed by atoms with Gasteiger partial charge in [0.15, 0.2) is 0 Å². The fraction of sp³-hybridized carbons (Fsp3) is 0.467. The largest absolute Gasteiger partial charge is 0.508 e. The van der Waals surface area contributed by atoms with Crippen molar-refractivity contribution in [3.05, 3.63) is 42.0 Å². The molecule has 17 heavy (non-hydrogen) atoms. The first-order chi connectivity index (χ1) is 8.20. The van der Waals surface area contributed by atoms with Crippen molar-refractivity contribution < 1.29 is 10.2 Å². The van der Waals surface area contributed by atoms with Crippen LogP contribution in [0.25, 0.3) is 0 Å². The number of hydrogen-bond donors (Lipinski definition) is 2. The minimum Gasteiger partial charge on any atom is -0.508 e. The summed E-state index contributed by atoms with van der Waals surface area (Å²) < 4.78 is 0. The number of aromatic hydroxyl groups is 1. The molecule has 2 nitrogen and oxygen atoms in total. The highest BCUT2D eigenvalue weighted by atomic mass is 16.3. The van der Waals surface area contributed by atoms with Gasteiger partial charge in [0.05, 0.1) is 6.10 Å². The maximum Gasteiger partial charge on any atom is 0.119 e. The molecule has 1 aromatic carbocycles. The summed E-state index contributed by atoms with van der Waals surface area (Å²) in [7, 11) is 0. The first kappa shape index (κ1) is 12.2. The van der Waals surface area contributed by atoms with Crippen LogP contribution in [-0.2, 0) is 6.42 Å². The Labute approximate surface area is 103 Å². The molecule has 0 saturated heterocycles. The quantitative estimate of drug-likeness (QED) is 0.786. The second kappa shape index (κ2) is 5.37. The van der Waals surface area contributed by atoms with E-state index in [9.17, 15) is 10.2 Å². The molecule has 0 bridgehead atoms. The second-order valence-electron chi connectivity index (χ2n) is 4.90. The summed E-state index contributed by atoms with van der Waals surface area (Å²) in [6, 6.07) is 5.85. The molecule has 0 amide bonds. The number of allylic oxidation sites excluding steroid dienone is 1. The van der Waals surface area contributed by atoms with Gasteiger partial charge >= 0.3 is 0 Å². The lowest BCUT2D eigenvalue weighted by Crippen LogP contribution is -2.18. The molecule has 2 N–H and O–H groups in total. The SMILES string of the molecule is C=CCc1ccc(C2CCCC(O)C2)c(O)c1. The third-order valence-corrected chi connectivity index (χ3v) is 3.56. The standard InChI is InChI=1S/C15H20O2/c1-2-4-11-7-8-14(15(17)9-11)12-5-3-6-13(16)10-12/h2,7-9,12-13,16-17H,1,3-6,10H2. The lowest BCUT2D eigenvalue weighted by atomic mass is 9.82. The van der Waals surface area contributed by atoms with Gasteiger partial charge in [-0.2, -0.15) is 0 Å². The molecule has 92 valence electrons. The first-order valence-electron chi connectivity index (χ1n) is 6.31. The zero-order valence-corrected chi connectivity index (χ0v) is 10.1. The summed E-state index contributed by atoms with van der Waals surface area (Å²) in [5.41, 5.74) is 2.06. The Kier molecular flexibility index (Phi) is 3.85. The lowest BCUT2D eigenvalue weighted by Gasteiger charge is -2.26. The minimum absolute atomic E-state index is 0.207. The number of phenols is 1. The van der Waals surface area contributed by atoms with E-state index in [1.807, 2.05) is 24.3 Å². The maximum atomic E-state index is 10.0. The summed E-state index contributed by atoms with van der Waals surface area (Å²) in [5, 5.41) is 19.7. The Morgan fingerprint density at radius 3 is 2.82 bits per heavy atom. The van der Waals surface area contributed by atoms with Crippen molar-refractivity contribution in [2.24, 2.45) is 0 Å². The smallest absolute Gasteiger partial charge is 0.119 e. The zero-order chi connectivity index (χ0) is 12.3. The van der Waals surface area contributed by atoms with Crippen LogP contribution in [0.1, 0.15) is 42.7 Å². The van der Waals surface area contributed by atoms with Gasteiger partial charge in [0.1, 0.15) is 5.75 Å². The average molecular weight is 232 g/mol. The average Bonchev–Trinajstić information content (AvgIpc) is 2.29. The van der Waals surface area contributed by atoms with E-state index in [1.54, 1.807) is 0 Å². The summed E-state index contributed by atoms with van der Waals surface area (Å²) in [5.74, 6) is 0.667. The van der Waals surface area contributed by atoms with Crippen LogP contribution >= 0.6 is 0 Å². The van der Waals surface area contributed by atoms with Crippen LogP contribution in [0.4, 0.5) is 0 Å². The van der Waals surface area contributed by atoms with Crippen molar-refractivity contribution in [2.45, 2.75) is 44.1 Å². The molecule has 2 rings (SSSR count). The van der Waals surface area contributed by atoms with Crippen molar-refractivity contribution in [3.63, 3.8) is 0 Å². The molecular weight excluding hydrogens is 212 g/mol. The van der Waals surface area contributed by atoms with E-state index in [0.29, 0.717) is 11.7 Å². The molecule has 1 aromatic rings. The van der Waals surface area contributed by atoms with E-state index in [2.05, 4.69) is 6.58 Å². The molecule has 0 radical (unpaired) electrons. The van der Waals surface area contributed by atoms with E-state index >= 15 is 0 Å². The second-order valence-corrected chi connectivity index (χ2v) is 4.90. The van der Waals surface area contributed by atoms with Gasteiger partial charge in [-0.05, 0) is 48.8 Å².